The fourth-order valence-electron chi connectivity index (χ4n) is 2.22. The number of carbonyl (C=O) groups excluding carboxylic acids is 1. The zero-order valence-corrected chi connectivity index (χ0v) is 20.7. The molecule has 2 aromatic rings. The minimum atomic E-state index is -0.0182. The number of guanidine groups is 1. The van der Waals surface area contributed by atoms with Crippen LogP contribution in [-0.4, -0.2) is 49.5 Å². The maximum absolute atomic E-state index is 11.9. The number of hydrogen-bond donors (Lipinski definition) is 2. The van der Waals surface area contributed by atoms with Gasteiger partial charge in [-0.2, -0.15) is 0 Å². The third-order valence-corrected chi connectivity index (χ3v) is 4.92. The Hall–Kier alpha value is -1.88. The van der Waals surface area contributed by atoms with Crippen LogP contribution >= 0.6 is 35.3 Å². The first kappa shape index (κ1) is 25.2. The van der Waals surface area contributed by atoms with Crippen molar-refractivity contribution in [2.45, 2.75) is 32.9 Å². The van der Waals surface area contributed by atoms with Gasteiger partial charge in [-0.3, -0.25) is 4.79 Å². The summed E-state index contributed by atoms with van der Waals surface area (Å²) in [5, 5.41) is 9.43. The molecule has 1 aromatic carbocycles. The number of thiazole rings is 1. The second kappa shape index (κ2) is 12.6. The molecule has 0 fully saturated rings. The van der Waals surface area contributed by atoms with Gasteiger partial charge in [0.2, 0.25) is 5.91 Å². The van der Waals surface area contributed by atoms with Crippen LogP contribution in [0.2, 0.25) is 0 Å². The molecule has 1 heterocycles. The molecule has 2 N–H and O–H groups in total. The van der Waals surface area contributed by atoms with Gasteiger partial charge in [0.05, 0.1) is 32.4 Å². The highest BCUT2D eigenvalue weighted by atomic mass is 127. The summed E-state index contributed by atoms with van der Waals surface area (Å²) < 4.78 is 5.18. The van der Waals surface area contributed by atoms with Gasteiger partial charge in [-0.25, -0.2) is 9.98 Å². The molecule has 0 aliphatic carbocycles. The molecule has 0 unspecified atom stereocenters. The van der Waals surface area contributed by atoms with Crippen molar-refractivity contribution in [1.82, 2.24) is 20.5 Å². The van der Waals surface area contributed by atoms with E-state index < -0.39 is 0 Å². The van der Waals surface area contributed by atoms with Gasteiger partial charge in [0.15, 0.2) is 5.96 Å². The Bertz CT molecular complexity index is 790. The summed E-state index contributed by atoms with van der Waals surface area (Å²) in [7, 11) is 5.10. The van der Waals surface area contributed by atoms with E-state index >= 15 is 0 Å². The number of halogens is 1. The number of aliphatic imine (C=N–C) groups is 1. The molecule has 0 bridgehead atoms. The second-order valence-corrected chi connectivity index (χ2v) is 7.77. The molecule has 0 spiro atoms. The zero-order chi connectivity index (χ0) is 20.5. The molecule has 0 aliphatic heterocycles. The van der Waals surface area contributed by atoms with Crippen LogP contribution in [-0.2, 0) is 17.9 Å². The van der Waals surface area contributed by atoms with Crippen molar-refractivity contribution < 1.29 is 9.53 Å². The van der Waals surface area contributed by atoms with Gasteiger partial charge in [0.1, 0.15) is 10.8 Å². The normalized spacial score (nSPS) is 11.0. The first-order valence-corrected chi connectivity index (χ1v) is 10.1. The third kappa shape index (κ3) is 8.57. The topological polar surface area (TPSA) is 78.8 Å². The summed E-state index contributed by atoms with van der Waals surface area (Å²) in [6.07, 6.45) is 0. The van der Waals surface area contributed by atoms with Crippen LogP contribution < -0.4 is 15.4 Å². The average Bonchev–Trinajstić information content (AvgIpc) is 3.16. The van der Waals surface area contributed by atoms with E-state index in [-0.39, 0.29) is 36.4 Å². The Morgan fingerprint density at radius 1 is 1.24 bits per heavy atom. The van der Waals surface area contributed by atoms with E-state index in [2.05, 4.69) is 39.8 Å². The van der Waals surface area contributed by atoms with Crippen molar-refractivity contribution in [3.8, 4) is 5.75 Å². The number of nitrogens with zero attached hydrogens (tertiary/aromatic N) is 3. The number of hydrogen-bond acceptors (Lipinski definition) is 5. The summed E-state index contributed by atoms with van der Waals surface area (Å²) in [4.78, 5) is 22.7. The highest BCUT2D eigenvalue weighted by Gasteiger charge is 2.09. The van der Waals surface area contributed by atoms with E-state index in [0.29, 0.717) is 25.0 Å². The van der Waals surface area contributed by atoms with Gasteiger partial charge in [0.25, 0.3) is 0 Å². The molecule has 7 nitrogen and oxygen atoms in total. The predicted molar refractivity (Wildman–Crippen MR) is 129 cm³/mol. The predicted octanol–water partition coefficient (Wildman–Crippen LogP) is 3.22. The lowest BCUT2D eigenvalue weighted by Gasteiger charge is -2.14. The van der Waals surface area contributed by atoms with E-state index in [1.165, 1.54) is 0 Å². The monoisotopic (exact) mass is 531 g/mol. The fourth-order valence-corrected chi connectivity index (χ4v) is 3.12. The Morgan fingerprint density at radius 3 is 2.48 bits per heavy atom. The Kier molecular flexibility index (Phi) is 11.0. The van der Waals surface area contributed by atoms with E-state index in [0.717, 1.165) is 22.0 Å². The van der Waals surface area contributed by atoms with Crippen molar-refractivity contribution in [1.29, 1.82) is 0 Å². The number of likely N-dealkylation sites (N-methyl/N-ethyl adjacent to an activating group) is 1. The zero-order valence-electron chi connectivity index (χ0n) is 17.6. The summed E-state index contributed by atoms with van der Waals surface area (Å²) in [5.74, 6) is 1.78. The number of methoxy groups -OCH3 is 1. The maximum Gasteiger partial charge on any atom is 0.241 e. The van der Waals surface area contributed by atoms with Crippen LogP contribution in [0.25, 0.3) is 0 Å². The lowest BCUT2D eigenvalue weighted by atomic mass is 10.2. The van der Waals surface area contributed by atoms with Crippen molar-refractivity contribution in [2.24, 2.45) is 4.99 Å². The largest absolute Gasteiger partial charge is 0.497 e. The number of nitrogens with one attached hydrogen (secondary N) is 2. The van der Waals surface area contributed by atoms with Gasteiger partial charge in [-0.15, -0.1) is 35.3 Å². The van der Waals surface area contributed by atoms with Crippen molar-refractivity contribution in [3.05, 3.63) is 45.9 Å². The number of amides is 1. The first-order chi connectivity index (χ1) is 13.4. The molecular weight excluding hydrogens is 501 g/mol. The molecule has 0 saturated heterocycles. The van der Waals surface area contributed by atoms with Crippen LogP contribution in [0.15, 0.2) is 34.6 Å². The molecule has 0 saturated carbocycles. The standard InChI is InChI=1S/C20H29N5O2S.HI/c1-14(2)17-13-28-18(24-17)11-22-20(23-12-19(26)25(3)4)21-10-15-6-8-16(27-5)9-7-15;/h6-9,13-14H,10-12H2,1-5H3,(H2,21,22,23);1H. The van der Waals surface area contributed by atoms with Gasteiger partial charge in [0, 0.05) is 19.5 Å². The molecule has 0 atom stereocenters. The van der Waals surface area contributed by atoms with Crippen LogP contribution in [0.3, 0.4) is 0 Å². The smallest absolute Gasteiger partial charge is 0.241 e. The van der Waals surface area contributed by atoms with E-state index in [1.807, 2.05) is 24.3 Å². The first-order valence-electron chi connectivity index (χ1n) is 9.18. The van der Waals surface area contributed by atoms with Gasteiger partial charge in [-0.1, -0.05) is 26.0 Å². The number of aromatic nitrogens is 1. The highest BCUT2D eigenvalue weighted by Crippen LogP contribution is 2.17. The molecule has 1 amide bonds. The van der Waals surface area contributed by atoms with Crippen LogP contribution in [0.1, 0.15) is 36.0 Å². The summed E-state index contributed by atoms with van der Waals surface area (Å²) in [6.45, 7) is 5.48. The lowest BCUT2D eigenvalue weighted by molar-refractivity contribution is -0.127. The maximum atomic E-state index is 11.9. The van der Waals surface area contributed by atoms with Crippen LogP contribution in [0, 0.1) is 0 Å². The fraction of sp³-hybridized carbons (Fsp3) is 0.450. The number of benzene rings is 1. The second-order valence-electron chi connectivity index (χ2n) is 6.83. The summed E-state index contributed by atoms with van der Waals surface area (Å²) in [5.41, 5.74) is 2.14. The van der Waals surface area contributed by atoms with E-state index in [1.54, 1.807) is 37.4 Å². The molecule has 1 aromatic heterocycles. The number of rotatable bonds is 8. The van der Waals surface area contributed by atoms with Crippen molar-refractivity contribution in [3.63, 3.8) is 0 Å². The van der Waals surface area contributed by atoms with E-state index in [9.17, 15) is 4.79 Å². The Balaban J connectivity index is 0.00000420. The van der Waals surface area contributed by atoms with E-state index in [4.69, 9.17) is 4.74 Å². The summed E-state index contributed by atoms with van der Waals surface area (Å²) >= 11 is 1.62. The average molecular weight is 531 g/mol. The number of ether oxygens (including phenoxy) is 1. The molecule has 9 heteroatoms. The molecule has 29 heavy (non-hydrogen) atoms. The van der Waals surface area contributed by atoms with Crippen molar-refractivity contribution >= 4 is 47.2 Å². The minimum absolute atomic E-state index is 0. The molecule has 0 aliphatic rings. The van der Waals surface area contributed by atoms with Crippen molar-refractivity contribution in [2.75, 3.05) is 27.7 Å². The SMILES string of the molecule is COc1ccc(CN=C(NCC(=O)N(C)C)NCc2nc(C(C)C)cs2)cc1.I. The van der Waals surface area contributed by atoms with Gasteiger partial charge in [-0.05, 0) is 23.6 Å². The summed E-state index contributed by atoms with van der Waals surface area (Å²) in [6, 6.07) is 7.76. The van der Waals surface area contributed by atoms with Gasteiger partial charge >= 0.3 is 0 Å². The molecular formula is C20H30IN5O2S. The third-order valence-electron chi connectivity index (χ3n) is 4.05. The van der Waals surface area contributed by atoms with Crippen LogP contribution in [0.5, 0.6) is 5.75 Å². The minimum Gasteiger partial charge on any atom is -0.497 e. The molecule has 0 radical (unpaired) electrons. The van der Waals surface area contributed by atoms with Crippen LogP contribution in [0.4, 0.5) is 0 Å². The Labute approximate surface area is 194 Å². The molecule has 160 valence electrons. The quantitative estimate of drug-likeness (QED) is 0.311. The van der Waals surface area contributed by atoms with Gasteiger partial charge < -0.3 is 20.3 Å². The Morgan fingerprint density at radius 2 is 1.93 bits per heavy atom. The lowest BCUT2D eigenvalue weighted by Crippen LogP contribution is -2.42. The number of carbonyl (C=O) groups is 1. The molecule has 2 rings (SSSR count). The highest BCUT2D eigenvalue weighted by molar-refractivity contribution is 14.0.